The Balaban J connectivity index is 0.00000841. The van der Waals surface area contributed by atoms with Gasteiger partial charge >= 0.3 is 0 Å². The van der Waals surface area contributed by atoms with Gasteiger partial charge in [-0.1, -0.05) is 80.3 Å². The highest BCUT2D eigenvalue weighted by molar-refractivity contribution is 7.59. The number of rotatable bonds is 9. The van der Waals surface area contributed by atoms with Gasteiger partial charge in [-0.15, -0.1) is 0 Å². The lowest BCUT2D eigenvalue weighted by atomic mass is 9.86. The van der Waals surface area contributed by atoms with E-state index in [1.807, 2.05) is 26.8 Å². The molecule has 0 amide bonds. The van der Waals surface area contributed by atoms with E-state index in [0.717, 1.165) is 28.7 Å². The molecule has 30 heavy (non-hydrogen) atoms. The van der Waals surface area contributed by atoms with Gasteiger partial charge in [-0.3, -0.25) is 0 Å². The van der Waals surface area contributed by atoms with Crippen LogP contribution in [-0.4, -0.2) is 0 Å². The van der Waals surface area contributed by atoms with Crippen LogP contribution in [0, 0.1) is 19.8 Å². The zero-order valence-corrected chi connectivity index (χ0v) is 21.0. The molecule has 1 aromatic rings. The molecular formula is C29H40S. The summed E-state index contributed by atoms with van der Waals surface area (Å²) in [6.07, 6.45) is 13.5. The Labute approximate surface area is 192 Å². The van der Waals surface area contributed by atoms with Crippen molar-refractivity contribution < 1.29 is 0 Å². The van der Waals surface area contributed by atoms with Crippen molar-refractivity contribution in [3.05, 3.63) is 113 Å². The lowest BCUT2D eigenvalue weighted by Crippen LogP contribution is -2.05. The molecule has 0 aliphatic rings. The van der Waals surface area contributed by atoms with Crippen molar-refractivity contribution in [1.82, 2.24) is 0 Å². The summed E-state index contributed by atoms with van der Waals surface area (Å²) in [5.41, 5.74) is 10.8. The van der Waals surface area contributed by atoms with Crippen molar-refractivity contribution in [3.63, 3.8) is 0 Å². The van der Waals surface area contributed by atoms with Crippen LogP contribution >= 0.6 is 13.5 Å². The molecule has 0 saturated heterocycles. The van der Waals surface area contributed by atoms with E-state index in [0.29, 0.717) is 5.92 Å². The quantitative estimate of drug-likeness (QED) is 0.350. The van der Waals surface area contributed by atoms with Gasteiger partial charge in [-0.05, 0) is 98.9 Å². The third kappa shape index (κ3) is 7.54. The third-order valence-electron chi connectivity index (χ3n) is 5.53. The molecule has 0 N–H and O–H groups in total. The minimum Gasteiger partial charge on any atom is -0.197 e. The summed E-state index contributed by atoms with van der Waals surface area (Å²) < 4.78 is 0. The molecule has 1 rings (SSSR count). The summed E-state index contributed by atoms with van der Waals surface area (Å²) in [6, 6.07) is 4.62. The van der Waals surface area contributed by atoms with Crippen LogP contribution in [0.2, 0.25) is 0 Å². The molecular weight excluding hydrogens is 380 g/mol. The van der Waals surface area contributed by atoms with Crippen LogP contribution < -0.4 is 0 Å². The van der Waals surface area contributed by atoms with Crippen molar-refractivity contribution in [2.24, 2.45) is 5.92 Å². The highest BCUT2D eigenvalue weighted by atomic mass is 32.1. The highest BCUT2D eigenvalue weighted by Crippen LogP contribution is 2.30. The Kier molecular flexibility index (Phi) is 12.1. The molecule has 0 nitrogen and oxygen atoms in total. The van der Waals surface area contributed by atoms with Crippen LogP contribution in [0.15, 0.2) is 90.6 Å². The van der Waals surface area contributed by atoms with E-state index in [-0.39, 0.29) is 13.5 Å². The average Bonchev–Trinajstić information content (AvgIpc) is 2.67. The van der Waals surface area contributed by atoms with Gasteiger partial charge in [0.15, 0.2) is 0 Å². The average molecular weight is 421 g/mol. The fraction of sp³-hybridized carbons (Fsp3) is 0.310. The van der Waals surface area contributed by atoms with Crippen LogP contribution in [0.1, 0.15) is 56.9 Å². The van der Waals surface area contributed by atoms with E-state index >= 15 is 0 Å². The molecule has 1 unspecified atom stereocenters. The molecule has 0 aliphatic heterocycles. The first-order valence-electron chi connectivity index (χ1n) is 10.4. The molecule has 0 bridgehead atoms. The summed E-state index contributed by atoms with van der Waals surface area (Å²) in [6.45, 7) is 27.4. The topological polar surface area (TPSA) is 0 Å². The van der Waals surface area contributed by atoms with Crippen LogP contribution in [0.4, 0.5) is 0 Å². The summed E-state index contributed by atoms with van der Waals surface area (Å²) in [7, 11) is 0. The van der Waals surface area contributed by atoms with Gasteiger partial charge in [0, 0.05) is 0 Å². The van der Waals surface area contributed by atoms with Gasteiger partial charge in [0.2, 0.25) is 0 Å². The van der Waals surface area contributed by atoms with E-state index < -0.39 is 0 Å². The van der Waals surface area contributed by atoms with Crippen LogP contribution in [0.25, 0.3) is 5.57 Å². The van der Waals surface area contributed by atoms with Crippen LogP contribution in [-0.2, 0) is 6.42 Å². The lowest BCUT2D eigenvalue weighted by molar-refractivity contribution is 0.676. The smallest absolute Gasteiger partial charge is 0.0149 e. The maximum atomic E-state index is 4.28. The molecule has 1 atom stereocenters. The van der Waals surface area contributed by atoms with Crippen molar-refractivity contribution in [3.8, 4) is 0 Å². The van der Waals surface area contributed by atoms with Crippen molar-refractivity contribution >= 4 is 19.1 Å². The summed E-state index contributed by atoms with van der Waals surface area (Å²) >= 11 is 0. The predicted molar refractivity (Wildman–Crippen MR) is 144 cm³/mol. The Bertz CT molecular complexity index is 901. The third-order valence-corrected chi connectivity index (χ3v) is 5.53. The first-order valence-corrected chi connectivity index (χ1v) is 10.4. The van der Waals surface area contributed by atoms with Gasteiger partial charge in [0.1, 0.15) is 0 Å². The maximum Gasteiger partial charge on any atom is -0.0149 e. The monoisotopic (exact) mass is 420 g/mol. The van der Waals surface area contributed by atoms with Gasteiger partial charge < -0.3 is 0 Å². The molecule has 0 saturated carbocycles. The van der Waals surface area contributed by atoms with Crippen molar-refractivity contribution in [2.75, 3.05) is 0 Å². The van der Waals surface area contributed by atoms with Crippen molar-refractivity contribution in [1.29, 1.82) is 0 Å². The van der Waals surface area contributed by atoms with Gasteiger partial charge in [-0.25, -0.2) is 0 Å². The Morgan fingerprint density at radius 3 is 2.17 bits per heavy atom. The lowest BCUT2D eigenvalue weighted by Gasteiger charge is -2.19. The van der Waals surface area contributed by atoms with Gasteiger partial charge in [0.25, 0.3) is 0 Å². The molecule has 0 aromatic heterocycles. The number of allylic oxidation sites excluding steroid dienone is 11. The molecule has 0 radical (unpaired) electrons. The van der Waals surface area contributed by atoms with E-state index in [4.69, 9.17) is 0 Å². The maximum absolute atomic E-state index is 4.28. The zero-order chi connectivity index (χ0) is 22.1. The normalized spacial score (nSPS) is 13.8. The molecule has 162 valence electrons. The van der Waals surface area contributed by atoms with E-state index in [9.17, 15) is 0 Å². The second kappa shape index (κ2) is 13.1. The fourth-order valence-corrected chi connectivity index (χ4v) is 3.43. The minimum atomic E-state index is 0. The van der Waals surface area contributed by atoms with E-state index in [1.165, 1.54) is 27.8 Å². The van der Waals surface area contributed by atoms with Crippen LogP contribution in [0.3, 0.4) is 0 Å². The number of aryl methyl sites for hydroxylation is 2. The SMILES string of the molecule is C=C/C(=C\C(=C)/C(=C\C)C(=C)C)c1cc(C)c(C)cc1CC(C)/C(C)=C/C=C\C.S. The summed E-state index contributed by atoms with van der Waals surface area (Å²) in [5, 5.41) is 0. The standard InChI is InChI=1S/C29H38.H2S/c1-11-14-15-21(6)22(7)16-27-17-23(8)24(9)19-29(27)26(12-2)18-25(10)28(13-3)20(4)5;/h11-15,17-19,22H,2,4,10,16H2,1,3,5-9H3;1H2/b14-11-,21-15+,26-18+,28-13-;. The van der Waals surface area contributed by atoms with E-state index in [2.05, 4.69) is 89.9 Å². The number of hydrogen-bond acceptors (Lipinski definition) is 0. The molecule has 1 heteroatoms. The van der Waals surface area contributed by atoms with Gasteiger partial charge in [0.05, 0.1) is 0 Å². The Morgan fingerprint density at radius 2 is 1.67 bits per heavy atom. The Morgan fingerprint density at radius 1 is 1.07 bits per heavy atom. The molecule has 1 aromatic carbocycles. The molecule has 0 heterocycles. The second-order valence-corrected chi connectivity index (χ2v) is 7.95. The fourth-order valence-electron chi connectivity index (χ4n) is 3.43. The van der Waals surface area contributed by atoms with Gasteiger partial charge in [-0.2, -0.15) is 13.5 Å². The first-order chi connectivity index (χ1) is 13.7. The molecule has 0 aliphatic carbocycles. The highest BCUT2D eigenvalue weighted by Gasteiger charge is 2.13. The predicted octanol–water partition coefficient (Wildman–Crippen LogP) is 8.77. The summed E-state index contributed by atoms with van der Waals surface area (Å²) in [5.74, 6) is 0.461. The minimum absolute atomic E-state index is 0. The molecule has 0 fully saturated rings. The molecule has 0 spiro atoms. The van der Waals surface area contributed by atoms with Crippen molar-refractivity contribution in [2.45, 2.75) is 54.9 Å². The Hall–Kier alpha value is -2.25. The number of hydrogen-bond donors (Lipinski definition) is 0. The zero-order valence-electron chi connectivity index (χ0n) is 20.0. The second-order valence-electron chi connectivity index (χ2n) is 7.95. The largest absolute Gasteiger partial charge is 0.197 e. The number of benzene rings is 1. The van der Waals surface area contributed by atoms with Crippen LogP contribution in [0.5, 0.6) is 0 Å². The first kappa shape index (κ1) is 27.8. The summed E-state index contributed by atoms with van der Waals surface area (Å²) in [4.78, 5) is 0. The van der Waals surface area contributed by atoms with E-state index in [1.54, 1.807) is 0 Å².